The summed E-state index contributed by atoms with van der Waals surface area (Å²) in [5.41, 5.74) is 0. The molecule has 0 N–H and O–H groups in total. The Balaban J connectivity index is 1.68. The van der Waals surface area contributed by atoms with Crippen molar-refractivity contribution in [3.05, 3.63) is 12.2 Å². The molecule has 0 aromatic carbocycles. The highest BCUT2D eigenvalue weighted by molar-refractivity contribution is 5.85. The van der Waals surface area contributed by atoms with Crippen molar-refractivity contribution in [2.24, 2.45) is 29.6 Å². The zero-order valence-electron chi connectivity index (χ0n) is 9.59. The first-order valence-electron chi connectivity index (χ1n) is 6.09. The van der Waals surface area contributed by atoms with Crippen molar-refractivity contribution in [1.82, 2.24) is 0 Å². The van der Waals surface area contributed by atoms with E-state index in [0.29, 0.717) is 55.2 Å². The molecule has 16 heavy (non-hydrogen) atoms. The second-order valence-corrected chi connectivity index (χ2v) is 5.26. The monoisotopic (exact) mass is 222 g/mol. The molecule has 2 bridgehead atoms. The average molecular weight is 222 g/mol. The molecule has 5 atom stereocenters. The zero-order valence-corrected chi connectivity index (χ0v) is 9.59. The summed E-state index contributed by atoms with van der Waals surface area (Å²) in [5, 5.41) is 0. The fourth-order valence-corrected chi connectivity index (χ4v) is 3.94. The molecule has 0 aromatic rings. The number of rotatable bonds is 4. The molecule has 2 fully saturated rings. The van der Waals surface area contributed by atoms with Gasteiger partial charge in [-0.05, 0) is 30.1 Å². The fraction of sp³-hybridized carbons (Fsp3) is 0.769. The van der Waals surface area contributed by atoms with Crippen molar-refractivity contribution in [3.63, 3.8) is 0 Å². The number of methoxy groups -OCH3 is 1. The van der Waals surface area contributed by atoms with Crippen molar-refractivity contribution in [3.8, 4) is 0 Å². The summed E-state index contributed by atoms with van der Waals surface area (Å²) in [6.07, 6.45) is 6.48. The van der Waals surface area contributed by atoms with Gasteiger partial charge in [-0.25, -0.2) is 0 Å². The predicted molar refractivity (Wildman–Crippen MR) is 58.7 cm³/mol. The van der Waals surface area contributed by atoms with E-state index in [-0.39, 0.29) is 0 Å². The van der Waals surface area contributed by atoms with Gasteiger partial charge in [0.15, 0.2) is 0 Å². The van der Waals surface area contributed by atoms with Gasteiger partial charge in [-0.15, -0.1) is 0 Å². The topological polar surface area (TPSA) is 35.5 Å². The highest BCUT2D eigenvalue weighted by Crippen LogP contribution is 2.56. The number of ketones is 1. The van der Waals surface area contributed by atoms with E-state index in [0.717, 1.165) is 0 Å². The summed E-state index contributed by atoms with van der Waals surface area (Å²) in [6.45, 7) is 1.02. The fourth-order valence-electron chi connectivity index (χ4n) is 3.94. The first-order chi connectivity index (χ1) is 7.81. The van der Waals surface area contributed by atoms with Crippen molar-refractivity contribution >= 4 is 5.78 Å². The molecule has 3 aliphatic rings. The first-order valence-corrected chi connectivity index (χ1v) is 6.09. The summed E-state index contributed by atoms with van der Waals surface area (Å²) in [7, 11) is 1.63. The largest absolute Gasteiger partial charge is 0.359 e. The lowest BCUT2D eigenvalue weighted by Gasteiger charge is -2.24. The van der Waals surface area contributed by atoms with Gasteiger partial charge in [-0.1, -0.05) is 12.2 Å². The number of allylic oxidation sites excluding steroid dienone is 2. The molecule has 0 spiro atoms. The van der Waals surface area contributed by atoms with Crippen molar-refractivity contribution in [2.75, 3.05) is 20.5 Å². The van der Waals surface area contributed by atoms with Crippen LogP contribution in [0.3, 0.4) is 0 Å². The number of carbonyl (C=O) groups is 1. The minimum absolute atomic E-state index is 0.311. The van der Waals surface area contributed by atoms with Crippen LogP contribution in [0.15, 0.2) is 12.2 Å². The van der Waals surface area contributed by atoms with E-state index in [1.165, 1.54) is 6.42 Å². The van der Waals surface area contributed by atoms with Crippen molar-refractivity contribution < 1.29 is 14.3 Å². The third-order valence-electron chi connectivity index (χ3n) is 4.43. The Labute approximate surface area is 95.8 Å². The van der Waals surface area contributed by atoms with Gasteiger partial charge >= 0.3 is 0 Å². The van der Waals surface area contributed by atoms with Crippen LogP contribution in [0.2, 0.25) is 0 Å². The van der Waals surface area contributed by atoms with Crippen LogP contribution in [0.5, 0.6) is 0 Å². The molecular weight excluding hydrogens is 204 g/mol. The van der Waals surface area contributed by atoms with Crippen LogP contribution >= 0.6 is 0 Å². The molecular formula is C13H18O3. The molecule has 3 rings (SSSR count). The van der Waals surface area contributed by atoms with Crippen LogP contribution in [0, 0.1) is 29.6 Å². The van der Waals surface area contributed by atoms with Gasteiger partial charge in [-0.3, -0.25) is 4.79 Å². The molecule has 0 amide bonds. The normalized spacial score (nSPS) is 44.3. The van der Waals surface area contributed by atoms with E-state index >= 15 is 0 Å². The van der Waals surface area contributed by atoms with Crippen LogP contribution in [0.4, 0.5) is 0 Å². The Bertz CT molecular complexity index is 323. The smallest absolute Gasteiger partial charge is 0.146 e. The number of fused-ring (bicyclic) bond motifs is 5. The minimum atomic E-state index is 0.311. The standard InChI is InChI=1S/C13H18O3/c1-15-7-16-6-10-5-11(14)13-9-3-2-8(4-9)12(10)13/h2-3,8-10,12-13H,4-7H2,1H3/t8-,9+,10+,12+,13-/m0/s1. The Kier molecular flexibility index (Phi) is 2.60. The number of ether oxygens (including phenoxy) is 2. The highest BCUT2D eigenvalue weighted by atomic mass is 16.7. The molecule has 0 unspecified atom stereocenters. The van der Waals surface area contributed by atoms with Crippen LogP contribution in [-0.2, 0) is 14.3 Å². The van der Waals surface area contributed by atoms with E-state index in [4.69, 9.17) is 9.47 Å². The van der Waals surface area contributed by atoms with Crippen LogP contribution < -0.4 is 0 Å². The predicted octanol–water partition coefficient (Wildman–Crippen LogP) is 1.63. The van der Waals surface area contributed by atoms with Crippen LogP contribution in [0.25, 0.3) is 0 Å². The van der Waals surface area contributed by atoms with Gasteiger partial charge in [0.1, 0.15) is 12.6 Å². The van der Waals surface area contributed by atoms with E-state index in [2.05, 4.69) is 12.2 Å². The van der Waals surface area contributed by atoms with Crippen molar-refractivity contribution in [1.29, 1.82) is 0 Å². The summed E-state index contributed by atoms with van der Waals surface area (Å²) >= 11 is 0. The summed E-state index contributed by atoms with van der Waals surface area (Å²) in [4.78, 5) is 12.0. The van der Waals surface area contributed by atoms with Gasteiger partial charge < -0.3 is 9.47 Å². The van der Waals surface area contributed by atoms with Crippen LogP contribution in [-0.4, -0.2) is 26.3 Å². The zero-order chi connectivity index (χ0) is 11.1. The Hall–Kier alpha value is -0.670. The minimum Gasteiger partial charge on any atom is -0.359 e. The number of Topliss-reactive ketones (excluding diaryl/α,β-unsaturated/α-hetero) is 1. The molecule has 3 heteroatoms. The first kappa shape index (κ1) is 10.5. The second kappa shape index (κ2) is 3.97. The molecule has 3 nitrogen and oxygen atoms in total. The quantitative estimate of drug-likeness (QED) is 0.412. The Morgan fingerprint density at radius 2 is 2.19 bits per heavy atom. The summed E-state index contributed by atoms with van der Waals surface area (Å²) < 4.78 is 10.3. The van der Waals surface area contributed by atoms with Crippen molar-refractivity contribution in [2.45, 2.75) is 12.8 Å². The summed E-state index contributed by atoms with van der Waals surface area (Å²) in [6, 6.07) is 0. The van der Waals surface area contributed by atoms with E-state index in [9.17, 15) is 4.79 Å². The van der Waals surface area contributed by atoms with Crippen LogP contribution in [0.1, 0.15) is 12.8 Å². The molecule has 0 aliphatic heterocycles. The lowest BCUT2D eigenvalue weighted by Crippen LogP contribution is -2.24. The molecule has 88 valence electrons. The third kappa shape index (κ3) is 1.45. The highest BCUT2D eigenvalue weighted by Gasteiger charge is 2.55. The van der Waals surface area contributed by atoms with E-state index in [1.54, 1.807) is 7.11 Å². The number of carbonyl (C=O) groups excluding carboxylic acids is 1. The Morgan fingerprint density at radius 3 is 3.00 bits per heavy atom. The van der Waals surface area contributed by atoms with Gasteiger partial charge in [-0.2, -0.15) is 0 Å². The van der Waals surface area contributed by atoms with E-state index < -0.39 is 0 Å². The SMILES string of the molecule is COCOC[C@H]1CC(=O)[C@H]2[C@@H]1[C@H]1C=C[C@@H]2C1. The third-order valence-corrected chi connectivity index (χ3v) is 4.43. The lowest BCUT2D eigenvalue weighted by atomic mass is 9.81. The van der Waals surface area contributed by atoms with Gasteiger partial charge in [0.2, 0.25) is 0 Å². The maximum absolute atomic E-state index is 12.0. The molecule has 0 aromatic heterocycles. The maximum atomic E-state index is 12.0. The maximum Gasteiger partial charge on any atom is 0.146 e. The lowest BCUT2D eigenvalue weighted by molar-refractivity contribution is -0.121. The number of hydrogen-bond donors (Lipinski definition) is 0. The van der Waals surface area contributed by atoms with Gasteiger partial charge in [0.05, 0.1) is 6.61 Å². The Morgan fingerprint density at radius 1 is 1.38 bits per heavy atom. The molecule has 0 heterocycles. The van der Waals surface area contributed by atoms with E-state index in [1.807, 2.05) is 0 Å². The molecule has 0 radical (unpaired) electrons. The molecule has 2 saturated carbocycles. The summed E-state index contributed by atoms with van der Waals surface area (Å²) in [5.74, 6) is 2.93. The van der Waals surface area contributed by atoms with Gasteiger partial charge in [0.25, 0.3) is 0 Å². The number of hydrogen-bond acceptors (Lipinski definition) is 3. The van der Waals surface area contributed by atoms with Gasteiger partial charge in [0, 0.05) is 19.4 Å². The second-order valence-electron chi connectivity index (χ2n) is 5.26. The molecule has 3 aliphatic carbocycles. The average Bonchev–Trinajstić information content (AvgIpc) is 2.92. The molecule has 0 saturated heterocycles.